The monoisotopic (exact) mass is 469 g/mol. The maximum absolute atomic E-state index is 12.7. The number of aromatic nitrogens is 2. The lowest BCUT2D eigenvalue weighted by atomic mass is 9.94. The van der Waals surface area contributed by atoms with E-state index in [0.717, 1.165) is 24.8 Å². The average Bonchev–Trinajstić information content (AvgIpc) is 2.78. The number of hydrogen-bond donors (Lipinski definition) is 3. The summed E-state index contributed by atoms with van der Waals surface area (Å²) in [5.41, 5.74) is 2.13. The van der Waals surface area contributed by atoms with Gasteiger partial charge in [-0.2, -0.15) is 4.98 Å². The molecule has 174 valence electrons. The summed E-state index contributed by atoms with van der Waals surface area (Å²) in [5, 5.41) is 6.35. The Bertz CT molecular complexity index is 1220. The molecule has 0 unspecified atom stereocenters. The molecular weight excluding hydrogens is 442 g/mol. The zero-order valence-electron chi connectivity index (χ0n) is 18.8. The van der Waals surface area contributed by atoms with E-state index < -0.39 is 10.0 Å². The molecule has 0 saturated heterocycles. The van der Waals surface area contributed by atoms with Crippen molar-refractivity contribution >= 4 is 33.2 Å². The fourth-order valence-electron chi connectivity index (χ4n) is 3.33. The van der Waals surface area contributed by atoms with Gasteiger partial charge < -0.3 is 20.1 Å². The summed E-state index contributed by atoms with van der Waals surface area (Å²) in [5.74, 6) is 2.20. The SMILES string of the molecule is COc1cc(Nc2ncc(C)c(Nc3cccc(S(=O)(=O)NC4CCC4)c3)n2)cc(OC)c1. The third-order valence-corrected chi connectivity index (χ3v) is 6.93. The first-order valence-corrected chi connectivity index (χ1v) is 12.1. The number of ether oxygens (including phenoxy) is 2. The number of nitrogens with zero attached hydrogens (tertiary/aromatic N) is 2. The molecule has 1 aliphatic rings. The first kappa shape index (κ1) is 22.8. The minimum Gasteiger partial charge on any atom is -0.497 e. The fourth-order valence-corrected chi connectivity index (χ4v) is 4.68. The molecule has 4 rings (SSSR count). The van der Waals surface area contributed by atoms with Gasteiger partial charge in [0.25, 0.3) is 0 Å². The second-order valence-corrected chi connectivity index (χ2v) is 9.57. The van der Waals surface area contributed by atoms with E-state index in [1.54, 1.807) is 50.7 Å². The predicted molar refractivity (Wildman–Crippen MR) is 127 cm³/mol. The van der Waals surface area contributed by atoms with Crippen molar-refractivity contribution in [3.05, 3.63) is 54.2 Å². The Labute approximate surface area is 193 Å². The highest BCUT2D eigenvalue weighted by Crippen LogP contribution is 2.28. The summed E-state index contributed by atoms with van der Waals surface area (Å²) >= 11 is 0. The molecule has 1 heterocycles. The van der Waals surface area contributed by atoms with E-state index in [9.17, 15) is 8.42 Å². The van der Waals surface area contributed by atoms with Gasteiger partial charge in [-0.3, -0.25) is 0 Å². The second-order valence-electron chi connectivity index (χ2n) is 7.85. The molecule has 2 aromatic carbocycles. The summed E-state index contributed by atoms with van der Waals surface area (Å²) in [6.45, 7) is 1.87. The van der Waals surface area contributed by atoms with Crippen LogP contribution in [0.4, 0.5) is 23.1 Å². The third-order valence-electron chi connectivity index (χ3n) is 5.41. The standard InChI is InChI=1S/C23H27N5O4S/c1-15-14-24-23(26-18-10-19(31-2)13-20(11-18)32-3)27-22(15)25-17-8-5-9-21(12-17)33(29,30)28-16-6-4-7-16/h5,8-14,16,28H,4,6-7H2,1-3H3,(H2,24,25,26,27). The largest absolute Gasteiger partial charge is 0.497 e. The topological polar surface area (TPSA) is 114 Å². The van der Waals surface area contributed by atoms with Crippen LogP contribution in [0.25, 0.3) is 0 Å². The molecule has 1 aromatic heterocycles. The molecular formula is C23H27N5O4S. The van der Waals surface area contributed by atoms with Gasteiger partial charge in [-0.05, 0) is 38.0 Å². The summed E-state index contributed by atoms with van der Waals surface area (Å²) in [4.78, 5) is 9.11. The molecule has 0 aliphatic heterocycles. The molecule has 3 aromatic rings. The van der Waals surface area contributed by atoms with Gasteiger partial charge in [0, 0.05) is 47.4 Å². The van der Waals surface area contributed by atoms with E-state index >= 15 is 0 Å². The van der Waals surface area contributed by atoms with Crippen molar-refractivity contribution in [2.45, 2.75) is 37.1 Å². The van der Waals surface area contributed by atoms with Crippen LogP contribution in [-0.4, -0.2) is 38.6 Å². The van der Waals surface area contributed by atoms with E-state index in [1.165, 1.54) is 0 Å². The molecule has 3 N–H and O–H groups in total. The quantitative estimate of drug-likeness (QED) is 0.429. The summed E-state index contributed by atoms with van der Waals surface area (Å²) in [6, 6.07) is 12.1. The zero-order chi connectivity index (χ0) is 23.4. The predicted octanol–water partition coefficient (Wildman–Crippen LogP) is 4.12. The molecule has 1 fully saturated rings. The summed E-state index contributed by atoms with van der Waals surface area (Å²) in [7, 11) is -0.402. The van der Waals surface area contributed by atoms with Crippen molar-refractivity contribution < 1.29 is 17.9 Å². The smallest absolute Gasteiger partial charge is 0.240 e. The highest BCUT2D eigenvalue weighted by Gasteiger charge is 2.24. The van der Waals surface area contributed by atoms with Crippen LogP contribution in [0.3, 0.4) is 0 Å². The first-order chi connectivity index (χ1) is 15.9. The number of aryl methyl sites for hydroxylation is 1. The van der Waals surface area contributed by atoms with Gasteiger partial charge in [-0.25, -0.2) is 18.1 Å². The Kier molecular flexibility index (Phi) is 6.66. The van der Waals surface area contributed by atoms with Crippen LogP contribution in [0, 0.1) is 6.92 Å². The molecule has 0 radical (unpaired) electrons. The Balaban J connectivity index is 1.54. The number of methoxy groups -OCH3 is 2. The molecule has 0 bridgehead atoms. The lowest BCUT2D eigenvalue weighted by Crippen LogP contribution is -2.39. The number of rotatable bonds is 9. The normalized spacial score (nSPS) is 13.8. The van der Waals surface area contributed by atoms with Crippen LogP contribution in [0.5, 0.6) is 11.5 Å². The van der Waals surface area contributed by atoms with Gasteiger partial charge in [-0.1, -0.05) is 12.5 Å². The van der Waals surface area contributed by atoms with Crippen molar-refractivity contribution in [2.75, 3.05) is 24.9 Å². The molecule has 1 saturated carbocycles. The number of sulfonamides is 1. The van der Waals surface area contributed by atoms with Crippen LogP contribution in [0.15, 0.2) is 53.6 Å². The Morgan fingerprint density at radius 2 is 1.70 bits per heavy atom. The van der Waals surface area contributed by atoms with E-state index in [-0.39, 0.29) is 10.9 Å². The number of anilines is 4. The Morgan fingerprint density at radius 3 is 2.33 bits per heavy atom. The molecule has 0 spiro atoms. The highest BCUT2D eigenvalue weighted by molar-refractivity contribution is 7.89. The molecule has 10 heteroatoms. The van der Waals surface area contributed by atoms with E-state index in [0.29, 0.717) is 34.6 Å². The number of nitrogens with one attached hydrogen (secondary N) is 3. The van der Waals surface area contributed by atoms with Gasteiger partial charge in [-0.15, -0.1) is 0 Å². The summed E-state index contributed by atoms with van der Waals surface area (Å²) < 4.78 is 38.7. The third kappa shape index (κ3) is 5.52. The minimum absolute atomic E-state index is 0.0274. The number of benzene rings is 2. The van der Waals surface area contributed by atoms with E-state index in [4.69, 9.17) is 9.47 Å². The van der Waals surface area contributed by atoms with Crippen molar-refractivity contribution in [2.24, 2.45) is 0 Å². The van der Waals surface area contributed by atoms with Crippen molar-refractivity contribution in [3.63, 3.8) is 0 Å². The van der Waals surface area contributed by atoms with Crippen LogP contribution in [0.2, 0.25) is 0 Å². The minimum atomic E-state index is -3.57. The summed E-state index contributed by atoms with van der Waals surface area (Å²) in [6.07, 6.45) is 4.51. The highest BCUT2D eigenvalue weighted by atomic mass is 32.2. The molecule has 33 heavy (non-hydrogen) atoms. The number of hydrogen-bond acceptors (Lipinski definition) is 8. The molecule has 0 atom stereocenters. The van der Waals surface area contributed by atoms with Gasteiger partial charge in [0.05, 0.1) is 19.1 Å². The van der Waals surface area contributed by atoms with Crippen LogP contribution in [-0.2, 0) is 10.0 Å². The average molecular weight is 470 g/mol. The van der Waals surface area contributed by atoms with Gasteiger partial charge in [0.1, 0.15) is 17.3 Å². The van der Waals surface area contributed by atoms with E-state index in [2.05, 4.69) is 25.3 Å². The van der Waals surface area contributed by atoms with Gasteiger partial charge in [0.2, 0.25) is 16.0 Å². The molecule has 9 nitrogen and oxygen atoms in total. The zero-order valence-corrected chi connectivity index (χ0v) is 19.6. The molecule has 0 amide bonds. The van der Waals surface area contributed by atoms with Crippen LogP contribution in [0.1, 0.15) is 24.8 Å². The van der Waals surface area contributed by atoms with Gasteiger partial charge in [0.15, 0.2) is 0 Å². The second kappa shape index (κ2) is 9.63. The Morgan fingerprint density at radius 1 is 0.970 bits per heavy atom. The van der Waals surface area contributed by atoms with Crippen molar-refractivity contribution in [3.8, 4) is 11.5 Å². The lowest BCUT2D eigenvalue weighted by Gasteiger charge is -2.26. The van der Waals surface area contributed by atoms with E-state index in [1.807, 2.05) is 19.1 Å². The van der Waals surface area contributed by atoms with Crippen LogP contribution < -0.4 is 24.8 Å². The first-order valence-electron chi connectivity index (χ1n) is 10.6. The molecule has 1 aliphatic carbocycles. The van der Waals surface area contributed by atoms with Crippen molar-refractivity contribution in [1.82, 2.24) is 14.7 Å². The maximum Gasteiger partial charge on any atom is 0.240 e. The Hall–Kier alpha value is -3.37. The lowest BCUT2D eigenvalue weighted by molar-refractivity contribution is 0.383. The fraction of sp³-hybridized carbons (Fsp3) is 0.304. The maximum atomic E-state index is 12.7. The van der Waals surface area contributed by atoms with Crippen molar-refractivity contribution in [1.29, 1.82) is 0 Å². The van der Waals surface area contributed by atoms with Gasteiger partial charge >= 0.3 is 0 Å². The van der Waals surface area contributed by atoms with Crippen LogP contribution >= 0.6 is 0 Å².